The predicted octanol–water partition coefficient (Wildman–Crippen LogP) is 1.30. The van der Waals surface area contributed by atoms with Crippen LogP contribution in [0.3, 0.4) is 0 Å². The molecule has 112 valence electrons. The molecule has 6 heteroatoms. The van der Waals surface area contributed by atoms with E-state index in [-0.39, 0.29) is 6.10 Å². The van der Waals surface area contributed by atoms with Gasteiger partial charge in [-0.05, 0) is 13.8 Å². The first kappa shape index (κ1) is 14.0. The summed E-state index contributed by atoms with van der Waals surface area (Å²) < 4.78 is 22.4. The van der Waals surface area contributed by atoms with Crippen LogP contribution in [0.2, 0.25) is 0 Å². The number of nitrogens with zero attached hydrogens (tertiary/aromatic N) is 1. The van der Waals surface area contributed by atoms with E-state index in [1.165, 1.54) is 0 Å². The van der Waals surface area contributed by atoms with Crippen LogP contribution in [0.4, 0.5) is 0 Å². The van der Waals surface area contributed by atoms with Crippen LogP contribution in [0.15, 0.2) is 4.52 Å². The van der Waals surface area contributed by atoms with E-state index in [0.29, 0.717) is 6.61 Å². The lowest BCUT2D eigenvalue weighted by Gasteiger charge is -2.31. The SMILES string of the molecule is Cc1noc(C)c1CNCC1COC2(CCOCC2)O1. The second-order valence-corrected chi connectivity index (χ2v) is 5.51. The lowest BCUT2D eigenvalue weighted by atomic mass is 10.1. The fraction of sp³-hybridized carbons (Fsp3) is 0.786. The molecule has 2 aliphatic rings. The van der Waals surface area contributed by atoms with Gasteiger partial charge >= 0.3 is 0 Å². The molecule has 1 N–H and O–H groups in total. The lowest BCUT2D eigenvalue weighted by Crippen LogP contribution is -2.39. The molecule has 0 aliphatic carbocycles. The molecule has 2 fully saturated rings. The van der Waals surface area contributed by atoms with Gasteiger partial charge in [0.2, 0.25) is 0 Å². The number of ether oxygens (including phenoxy) is 3. The van der Waals surface area contributed by atoms with Crippen molar-refractivity contribution in [2.24, 2.45) is 0 Å². The molecule has 1 spiro atoms. The number of hydrogen-bond donors (Lipinski definition) is 1. The largest absolute Gasteiger partial charge is 0.381 e. The highest BCUT2D eigenvalue weighted by Gasteiger charge is 2.42. The molecular formula is C14H22N2O4. The number of aryl methyl sites for hydroxylation is 2. The maximum atomic E-state index is 6.07. The number of hydrogen-bond acceptors (Lipinski definition) is 6. The quantitative estimate of drug-likeness (QED) is 0.898. The zero-order valence-electron chi connectivity index (χ0n) is 12.1. The molecule has 0 radical (unpaired) electrons. The average Bonchev–Trinajstić information content (AvgIpc) is 2.98. The smallest absolute Gasteiger partial charge is 0.173 e. The van der Waals surface area contributed by atoms with E-state index in [4.69, 9.17) is 18.7 Å². The second-order valence-electron chi connectivity index (χ2n) is 5.51. The molecule has 0 bridgehead atoms. The summed E-state index contributed by atoms with van der Waals surface area (Å²) in [7, 11) is 0. The Labute approximate surface area is 118 Å². The van der Waals surface area contributed by atoms with Crippen LogP contribution in [0.25, 0.3) is 0 Å². The van der Waals surface area contributed by atoms with Crippen molar-refractivity contribution in [1.82, 2.24) is 10.5 Å². The minimum atomic E-state index is -0.395. The van der Waals surface area contributed by atoms with E-state index < -0.39 is 5.79 Å². The summed E-state index contributed by atoms with van der Waals surface area (Å²) in [5.74, 6) is 0.479. The molecule has 2 aliphatic heterocycles. The van der Waals surface area contributed by atoms with Gasteiger partial charge in [0.1, 0.15) is 5.76 Å². The molecule has 0 aromatic carbocycles. The van der Waals surface area contributed by atoms with Crippen molar-refractivity contribution in [3.8, 4) is 0 Å². The topological polar surface area (TPSA) is 65.8 Å². The summed E-state index contributed by atoms with van der Waals surface area (Å²) in [5, 5.41) is 7.35. The van der Waals surface area contributed by atoms with E-state index in [0.717, 1.165) is 56.2 Å². The Balaban J connectivity index is 1.46. The van der Waals surface area contributed by atoms with Crippen molar-refractivity contribution in [3.63, 3.8) is 0 Å². The highest BCUT2D eigenvalue weighted by atomic mass is 16.7. The van der Waals surface area contributed by atoms with Crippen LogP contribution in [-0.4, -0.2) is 43.4 Å². The van der Waals surface area contributed by atoms with E-state index in [1.54, 1.807) is 0 Å². The monoisotopic (exact) mass is 282 g/mol. The van der Waals surface area contributed by atoms with Crippen LogP contribution in [0.1, 0.15) is 29.9 Å². The Kier molecular flexibility index (Phi) is 4.07. The van der Waals surface area contributed by atoms with E-state index in [2.05, 4.69) is 10.5 Å². The fourth-order valence-electron chi connectivity index (χ4n) is 2.77. The molecule has 0 saturated carbocycles. The third kappa shape index (κ3) is 2.88. The van der Waals surface area contributed by atoms with E-state index >= 15 is 0 Å². The minimum Gasteiger partial charge on any atom is -0.381 e. The summed E-state index contributed by atoms with van der Waals surface area (Å²) in [5.41, 5.74) is 2.07. The number of nitrogens with one attached hydrogen (secondary N) is 1. The van der Waals surface area contributed by atoms with Crippen molar-refractivity contribution in [3.05, 3.63) is 17.0 Å². The van der Waals surface area contributed by atoms with Gasteiger partial charge in [-0.1, -0.05) is 5.16 Å². The van der Waals surface area contributed by atoms with Gasteiger partial charge in [-0.3, -0.25) is 0 Å². The van der Waals surface area contributed by atoms with Crippen LogP contribution >= 0.6 is 0 Å². The Morgan fingerprint density at radius 3 is 2.80 bits per heavy atom. The maximum Gasteiger partial charge on any atom is 0.173 e. The third-order valence-electron chi connectivity index (χ3n) is 4.02. The van der Waals surface area contributed by atoms with Crippen molar-refractivity contribution < 1.29 is 18.7 Å². The molecule has 1 unspecified atom stereocenters. The molecule has 1 aromatic heterocycles. The Hall–Kier alpha value is -0.950. The summed E-state index contributed by atoms with van der Waals surface area (Å²) in [6, 6.07) is 0. The Bertz CT molecular complexity index is 435. The Morgan fingerprint density at radius 2 is 2.10 bits per heavy atom. The van der Waals surface area contributed by atoms with Crippen molar-refractivity contribution in [2.45, 2.75) is 45.1 Å². The van der Waals surface area contributed by atoms with E-state index in [9.17, 15) is 0 Å². The summed E-state index contributed by atoms with van der Waals surface area (Å²) in [6.45, 7) is 7.50. The van der Waals surface area contributed by atoms with Crippen LogP contribution < -0.4 is 5.32 Å². The second kappa shape index (κ2) is 5.81. The standard InChI is InChI=1S/C14H22N2O4/c1-10-13(11(2)20-16-10)8-15-7-12-9-18-14(19-12)3-5-17-6-4-14/h12,15H,3-9H2,1-2H3. The first-order chi connectivity index (χ1) is 9.69. The molecule has 3 heterocycles. The van der Waals surface area contributed by atoms with Gasteiger partial charge in [0.05, 0.1) is 31.6 Å². The van der Waals surface area contributed by atoms with Crippen molar-refractivity contribution in [2.75, 3.05) is 26.4 Å². The zero-order chi connectivity index (χ0) is 14.0. The van der Waals surface area contributed by atoms with Crippen LogP contribution in [-0.2, 0) is 20.8 Å². The number of rotatable bonds is 4. The molecule has 1 aromatic rings. The van der Waals surface area contributed by atoms with E-state index in [1.807, 2.05) is 13.8 Å². The predicted molar refractivity (Wildman–Crippen MR) is 71.3 cm³/mol. The molecule has 0 amide bonds. The summed E-state index contributed by atoms with van der Waals surface area (Å²) >= 11 is 0. The Morgan fingerprint density at radius 1 is 1.30 bits per heavy atom. The normalized spacial score (nSPS) is 25.4. The molecule has 6 nitrogen and oxygen atoms in total. The van der Waals surface area contributed by atoms with Gasteiger partial charge in [0, 0.05) is 31.5 Å². The van der Waals surface area contributed by atoms with Gasteiger partial charge in [-0.15, -0.1) is 0 Å². The lowest BCUT2D eigenvalue weighted by molar-refractivity contribution is -0.210. The zero-order valence-corrected chi connectivity index (χ0v) is 12.1. The van der Waals surface area contributed by atoms with Gasteiger partial charge in [-0.2, -0.15) is 0 Å². The fourth-order valence-corrected chi connectivity index (χ4v) is 2.77. The van der Waals surface area contributed by atoms with Crippen molar-refractivity contribution in [1.29, 1.82) is 0 Å². The van der Waals surface area contributed by atoms with Gasteiger partial charge in [-0.25, -0.2) is 0 Å². The van der Waals surface area contributed by atoms with Crippen LogP contribution in [0, 0.1) is 13.8 Å². The first-order valence-electron chi connectivity index (χ1n) is 7.20. The highest BCUT2D eigenvalue weighted by molar-refractivity contribution is 5.20. The third-order valence-corrected chi connectivity index (χ3v) is 4.02. The summed E-state index contributed by atoms with van der Waals surface area (Å²) in [6.07, 6.45) is 1.76. The molecular weight excluding hydrogens is 260 g/mol. The average molecular weight is 282 g/mol. The highest BCUT2D eigenvalue weighted by Crippen LogP contribution is 2.32. The van der Waals surface area contributed by atoms with Crippen LogP contribution in [0.5, 0.6) is 0 Å². The van der Waals surface area contributed by atoms with Gasteiger partial charge in [0.15, 0.2) is 5.79 Å². The number of aromatic nitrogens is 1. The van der Waals surface area contributed by atoms with Gasteiger partial charge in [0.25, 0.3) is 0 Å². The molecule has 2 saturated heterocycles. The molecule has 20 heavy (non-hydrogen) atoms. The van der Waals surface area contributed by atoms with Crippen molar-refractivity contribution >= 4 is 0 Å². The molecule has 3 rings (SSSR count). The first-order valence-corrected chi connectivity index (χ1v) is 7.20. The molecule has 1 atom stereocenters. The minimum absolute atomic E-state index is 0.105. The summed E-state index contributed by atoms with van der Waals surface area (Å²) in [4.78, 5) is 0. The van der Waals surface area contributed by atoms with Gasteiger partial charge < -0.3 is 24.1 Å². The maximum absolute atomic E-state index is 6.07.